The van der Waals surface area contributed by atoms with Gasteiger partial charge in [0.25, 0.3) is 0 Å². The van der Waals surface area contributed by atoms with Crippen molar-refractivity contribution in [1.29, 1.82) is 0 Å². The molecule has 0 spiro atoms. The van der Waals surface area contributed by atoms with Crippen LogP contribution in [0.5, 0.6) is 0 Å². The summed E-state index contributed by atoms with van der Waals surface area (Å²) in [7, 11) is -0.694. The van der Waals surface area contributed by atoms with Gasteiger partial charge in [-0.25, -0.2) is 0 Å². The van der Waals surface area contributed by atoms with E-state index >= 15 is 0 Å². The molecule has 0 bridgehead atoms. The number of hydrogen-bond donors (Lipinski definition) is 1. The Balaban J connectivity index is 2.22. The summed E-state index contributed by atoms with van der Waals surface area (Å²) in [5.74, 6) is 0.844. The maximum atomic E-state index is 11.2. The Hall–Kier alpha value is 0.110. The van der Waals surface area contributed by atoms with Crippen LogP contribution in [0.25, 0.3) is 0 Å². The van der Waals surface area contributed by atoms with E-state index < -0.39 is 10.8 Å². The van der Waals surface area contributed by atoms with Crippen LogP contribution in [0.15, 0.2) is 0 Å². The van der Waals surface area contributed by atoms with Crippen molar-refractivity contribution in [2.45, 2.75) is 57.2 Å². The lowest BCUT2D eigenvalue weighted by Crippen LogP contribution is -2.39. The number of nitrogens with one attached hydrogen (secondary N) is 1. The third-order valence-electron chi connectivity index (χ3n) is 3.65. The molecule has 3 heteroatoms. The van der Waals surface area contributed by atoms with Gasteiger partial charge in [0, 0.05) is 34.9 Å². The highest BCUT2D eigenvalue weighted by atomic mass is 32.2. The fraction of sp³-hybridized carbons (Fsp3) is 1.00. The van der Waals surface area contributed by atoms with Crippen molar-refractivity contribution < 1.29 is 4.21 Å². The number of rotatable bonds is 5. The maximum Gasteiger partial charge on any atom is 0.0441 e. The van der Waals surface area contributed by atoms with Crippen LogP contribution in [0.1, 0.15) is 46.0 Å². The summed E-state index contributed by atoms with van der Waals surface area (Å²) >= 11 is 0. The molecule has 1 N–H and O–H groups in total. The molecule has 0 heterocycles. The van der Waals surface area contributed by atoms with Crippen LogP contribution in [0.4, 0.5) is 0 Å². The molecule has 0 aromatic carbocycles. The van der Waals surface area contributed by atoms with E-state index in [0.717, 1.165) is 12.5 Å². The predicted molar refractivity (Wildman–Crippen MR) is 67.6 cm³/mol. The molecule has 15 heavy (non-hydrogen) atoms. The predicted octanol–water partition coefficient (Wildman–Crippen LogP) is 2.31. The van der Waals surface area contributed by atoms with E-state index in [1.54, 1.807) is 6.26 Å². The second-order valence-electron chi connectivity index (χ2n) is 4.90. The van der Waals surface area contributed by atoms with E-state index in [2.05, 4.69) is 19.2 Å². The molecule has 1 rings (SSSR count). The Morgan fingerprint density at radius 2 is 1.87 bits per heavy atom. The molecule has 0 aromatic heterocycles. The first kappa shape index (κ1) is 13.2. The molecule has 2 nitrogen and oxygen atoms in total. The Bertz CT molecular complexity index is 202. The van der Waals surface area contributed by atoms with Gasteiger partial charge in [0.1, 0.15) is 0 Å². The fourth-order valence-corrected chi connectivity index (χ4v) is 2.60. The molecule has 0 amide bonds. The summed E-state index contributed by atoms with van der Waals surface area (Å²) in [6, 6.07) is 0.594. The minimum absolute atomic E-state index is 0.274. The quantitative estimate of drug-likeness (QED) is 0.787. The van der Waals surface area contributed by atoms with E-state index in [0.29, 0.717) is 6.04 Å². The van der Waals surface area contributed by atoms with Gasteiger partial charge in [-0.2, -0.15) is 0 Å². The van der Waals surface area contributed by atoms with Crippen molar-refractivity contribution in [3.05, 3.63) is 0 Å². The Kier molecular flexibility index (Phi) is 5.83. The summed E-state index contributed by atoms with van der Waals surface area (Å²) in [6.45, 7) is 5.22. The van der Waals surface area contributed by atoms with Crippen LogP contribution in [0.2, 0.25) is 0 Å². The van der Waals surface area contributed by atoms with Gasteiger partial charge in [-0.3, -0.25) is 4.21 Å². The van der Waals surface area contributed by atoms with Gasteiger partial charge in [-0.05, 0) is 32.6 Å². The zero-order chi connectivity index (χ0) is 11.3. The maximum absolute atomic E-state index is 11.2. The lowest BCUT2D eigenvalue weighted by molar-refractivity contribution is 0.282. The molecule has 3 atom stereocenters. The molecule has 1 aliphatic rings. The lowest BCUT2D eigenvalue weighted by atomic mass is 9.84. The average molecular weight is 231 g/mol. The highest BCUT2D eigenvalue weighted by Gasteiger charge is 2.20. The van der Waals surface area contributed by atoms with Crippen LogP contribution in [0, 0.1) is 5.92 Å². The Morgan fingerprint density at radius 1 is 1.27 bits per heavy atom. The lowest BCUT2D eigenvalue weighted by Gasteiger charge is -2.29. The van der Waals surface area contributed by atoms with Crippen LogP contribution in [0.3, 0.4) is 0 Å². The Labute approximate surface area is 96.7 Å². The molecular weight excluding hydrogens is 206 g/mol. The topological polar surface area (TPSA) is 29.1 Å². The minimum Gasteiger partial charge on any atom is -0.313 e. The van der Waals surface area contributed by atoms with Crippen LogP contribution >= 0.6 is 0 Å². The zero-order valence-electron chi connectivity index (χ0n) is 10.3. The van der Waals surface area contributed by atoms with Crippen LogP contribution in [-0.4, -0.2) is 28.3 Å². The van der Waals surface area contributed by atoms with Crippen LogP contribution < -0.4 is 5.32 Å². The molecule has 1 aliphatic carbocycles. The molecule has 0 radical (unpaired) electrons. The fourth-order valence-electron chi connectivity index (χ4n) is 2.27. The van der Waals surface area contributed by atoms with Crippen molar-refractivity contribution in [3.63, 3.8) is 0 Å². The van der Waals surface area contributed by atoms with Gasteiger partial charge in [0.15, 0.2) is 0 Å². The van der Waals surface area contributed by atoms with E-state index in [4.69, 9.17) is 0 Å². The van der Waals surface area contributed by atoms with Gasteiger partial charge < -0.3 is 5.32 Å². The molecule has 0 aliphatic heterocycles. The molecule has 1 fully saturated rings. The minimum atomic E-state index is -0.694. The third kappa shape index (κ3) is 4.64. The van der Waals surface area contributed by atoms with Crippen molar-refractivity contribution in [2.24, 2.45) is 5.92 Å². The van der Waals surface area contributed by atoms with Gasteiger partial charge in [0.2, 0.25) is 0 Å². The molecule has 0 saturated heterocycles. The van der Waals surface area contributed by atoms with E-state index in [1.165, 1.54) is 32.1 Å². The van der Waals surface area contributed by atoms with Crippen molar-refractivity contribution in [1.82, 2.24) is 5.32 Å². The zero-order valence-corrected chi connectivity index (χ0v) is 11.1. The summed E-state index contributed by atoms with van der Waals surface area (Å²) in [4.78, 5) is 0. The summed E-state index contributed by atoms with van der Waals surface area (Å²) in [5.41, 5.74) is 0. The largest absolute Gasteiger partial charge is 0.313 e. The normalized spacial score (nSPS) is 24.7. The van der Waals surface area contributed by atoms with Gasteiger partial charge in [-0.1, -0.05) is 19.3 Å². The van der Waals surface area contributed by atoms with Crippen molar-refractivity contribution in [3.8, 4) is 0 Å². The van der Waals surface area contributed by atoms with E-state index in [9.17, 15) is 4.21 Å². The molecule has 0 aromatic rings. The van der Waals surface area contributed by atoms with Crippen molar-refractivity contribution in [2.75, 3.05) is 12.8 Å². The summed E-state index contributed by atoms with van der Waals surface area (Å²) < 4.78 is 11.2. The van der Waals surface area contributed by atoms with Crippen LogP contribution in [-0.2, 0) is 10.8 Å². The third-order valence-corrected chi connectivity index (χ3v) is 4.95. The molecule has 1 saturated carbocycles. The standard InChI is InChI=1S/C12H25NOS/c1-10(15(3)14)9-13-11(2)12-7-5-4-6-8-12/h10-13H,4-9H2,1-3H3. The van der Waals surface area contributed by atoms with Crippen molar-refractivity contribution >= 4 is 10.8 Å². The van der Waals surface area contributed by atoms with E-state index in [1.807, 2.05) is 0 Å². The average Bonchev–Trinajstić information content (AvgIpc) is 2.26. The Morgan fingerprint density at radius 3 is 2.40 bits per heavy atom. The van der Waals surface area contributed by atoms with Gasteiger partial charge in [0.05, 0.1) is 0 Å². The molecule has 90 valence electrons. The molecular formula is C12H25NOS. The SMILES string of the molecule is CC(NCC(C)S(C)=O)C1CCCCC1. The second kappa shape index (κ2) is 6.64. The summed E-state index contributed by atoms with van der Waals surface area (Å²) in [6.07, 6.45) is 8.74. The smallest absolute Gasteiger partial charge is 0.0441 e. The summed E-state index contributed by atoms with van der Waals surface area (Å²) in [5, 5.41) is 3.81. The van der Waals surface area contributed by atoms with E-state index in [-0.39, 0.29) is 5.25 Å². The first-order valence-electron chi connectivity index (χ1n) is 6.17. The van der Waals surface area contributed by atoms with Gasteiger partial charge in [-0.15, -0.1) is 0 Å². The first-order chi connectivity index (χ1) is 7.11. The molecule has 3 unspecified atom stereocenters. The second-order valence-corrected chi connectivity index (χ2v) is 6.71. The highest BCUT2D eigenvalue weighted by Crippen LogP contribution is 2.26. The first-order valence-corrected chi connectivity index (χ1v) is 7.79. The number of hydrogen-bond acceptors (Lipinski definition) is 2. The van der Waals surface area contributed by atoms with Gasteiger partial charge >= 0.3 is 0 Å². The monoisotopic (exact) mass is 231 g/mol. The highest BCUT2D eigenvalue weighted by molar-refractivity contribution is 7.84.